The Labute approximate surface area is 183 Å². The molecule has 0 radical (unpaired) electrons. The fourth-order valence-corrected chi connectivity index (χ4v) is 4.21. The highest BCUT2D eigenvalue weighted by Gasteiger charge is 2.37. The molecular formula is C23H22ClNO6. The van der Waals surface area contributed by atoms with Gasteiger partial charge in [-0.25, -0.2) is 0 Å². The van der Waals surface area contributed by atoms with E-state index in [1.165, 1.54) is 13.1 Å². The molecule has 0 bridgehead atoms. The number of phenolic OH excluding ortho intramolecular Hbond substituents is 2. The number of likely N-dealkylation sites (N-methyl/N-ethyl adjacent to an activating group) is 1. The Balaban J connectivity index is 1.83. The van der Waals surface area contributed by atoms with Gasteiger partial charge in [-0.05, 0) is 23.8 Å². The summed E-state index contributed by atoms with van der Waals surface area (Å²) in [4.78, 5) is 12.7. The second-order valence-electron chi connectivity index (χ2n) is 8.10. The molecule has 3 atom stereocenters. The van der Waals surface area contributed by atoms with E-state index in [2.05, 4.69) is 0 Å². The van der Waals surface area contributed by atoms with Crippen molar-refractivity contribution >= 4 is 34.7 Å². The number of nitrogens with zero attached hydrogens (tertiary/aromatic N) is 1. The van der Waals surface area contributed by atoms with E-state index in [-0.39, 0.29) is 41.1 Å². The first-order chi connectivity index (χ1) is 14.6. The Bertz CT molecular complexity index is 1220. The molecule has 1 aromatic heterocycles. The SMILES string of the molecule is C[N+]1([O-])CC[C@H](c2c(O)cc(O)c3c(=O)cc(/C=C/c4ccc(Cl)cc4)oc23)[C@H](O)C1. The van der Waals surface area contributed by atoms with Crippen LogP contribution in [0, 0.1) is 5.21 Å². The van der Waals surface area contributed by atoms with Crippen LogP contribution in [0.1, 0.15) is 29.2 Å². The largest absolute Gasteiger partial charge is 0.633 e. The fourth-order valence-electron chi connectivity index (χ4n) is 4.09. The van der Waals surface area contributed by atoms with E-state index in [0.717, 1.165) is 11.6 Å². The van der Waals surface area contributed by atoms with Crippen molar-refractivity contribution in [1.29, 1.82) is 0 Å². The maximum Gasteiger partial charge on any atom is 0.197 e. The van der Waals surface area contributed by atoms with Crippen LogP contribution in [0.15, 0.2) is 45.6 Å². The van der Waals surface area contributed by atoms with Crippen LogP contribution < -0.4 is 5.43 Å². The summed E-state index contributed by atoms with van der Waals surface area (Å²) in [5.74, 6) is -1.10. The highest BCUT2D eigenvalue weighted by molar-refractivity contribution is 6.30. The molecule has 1 aliphatic heterocycles. The van der Waals surface area contributed by atoms with Crippen LogP contribution in [-0.4, -0.2) is 46.2 Å². The molecule has 1 fully saturated rings. The van der Waals surface area contributed by atoms with Crippen molar-refractivity contribution in [2.24, 2.45) is 0 Å². The molecule has 1 aliphatic rings. The molecule has 2 aromatic carbocycles. The molecule has 1 unspecified atom stereocenters. The summed E-state index contributed by atoms with van der Waals surface area (Å²) in [6.07, 6.45) is 2.59. The first-order valence-electron chi connectivity index (χ1n) is 9.84. The molecule has 0 aliphatic carbocycles. The van der Waals surface area contributed by atoms with Crippen molar-refractivity contribution in [3.05, 3.63) is 73.7 Å². The first kappa shape index (κ1) is 21.4. The Hall–Kier alpha value is -2.84. The predicted molar refractivity (Wildman–Crippen MR) is 119 cm³/mol. The molecule has 2 heterocycles. The third-order valence-electron chi connectivity index (χ3n) is 5.65. The molecule has 8 heteroatoms. The van der Waals surface area contributed by atoms with Crippen molar-refractivity contribution in [2.45, 2.75) is 18.4 Å². The van der Waals surface area contributed by atoms with Crippen LogP contribution in [0.25, 0.3) is 23.1 Å². The van der Waals surface area contributed by atoms with E-state index in [0.29, 0.717) is 11.4 Å². The lowest BCUT2D eigenvalue weighted by molar-refractivity contribution is -0.870. The summed E-state index contributed by atoms with van der Waals surface area (Å²) in [5, 5.41) is 44.2. The average Bonchev–Trinajstić information content (AvgIpc) is 2.68. The van der Waals surface area contributed by atoms with E-state index in [9.17, 15) is 25.3 Å². The highest BCUT2D eigenvalue weighted by Crippen LogP contribution is 2.42. The first-order valence-corrected chi connectivity index (χ1v) is 10.2. The lowest BCUT2D eigenvalue weighted by Crippen LogP contribution is -2.51. The van der Waals surface area contributed by atoms with E-state index in [1.54, 1.807) is 36.4 Å². The van der Waals surface area contributed by atoms with Gasteiger partial charge in [0, 0.05) is 35.1 Å². The van der Waals surface area contributed by atoms with Gasteiger partial charge in [-0.2, -0.15) is 0 Å². The van der Waals surface area contributed by atoms with Gasteiger partial charge < -0.3 is 29.6 Å². The fraction of sp³-hybridized carbons (Fsp3) is 0.261. The van der Waals surface area contributed by atoms with Gasteiger partial charge in [0.25, 0.3) is 0 Å². The molecule has 3 N–H and O–H groups in total. The number of halogens is 1. The molecule has 0 amide bonds. The standard InChI is InChI=1S/C23H22ClNO6/c1-25(30)9-8-16(20(29)12-25)21-18(27)11-19(28)22-17(26)10-15(31-23(21)22)7-4-13-2-5-14(24)6-3-13/h2-7,10-11,16,20,27-29H,8-9,12H2,1H3/b7-4+/t16-,20+,25?/m0/s1. The molecule has 1 saturated heterocycles. The molecule has 0 saturated carbocycles. The smallest absolute Gasteiger partial charge is 0.197 e. The minimum atomic E-state index is -1.03. The van der Waals surface area contributed by atoms with Gasteiger partial charge in [-0.3, -0.25) is 4.79 Å². The Kier molecular flexibility index (Phi) is 5.53. The Morgan fingerprint density at radius 2 is 1.87 bits per heavy atom. The number of aromatic hydroxyl groups is 2. The summed E-state index contributed by atoms with van der Waals surface area (Å²) in [6, 6.07) is 9.40. The zero-order valence-corrected chi connectivity index (χ0v) is 17.5. The maximum atomic E-state index is 12.7. The van der Waals surface area contributed by atoms with Crippen LogP contribution in [0.3, 0.4) is 0 Å². The third kappa shape index (κ3) is 4.31. The summed E-state index contributed by atoms with van der Waals surface area (Å²) in [6.45, 7) is 0.191. The van der Waals surface area contributed by atoms with Gasteiger partial charge in [-0.1, -0.05) is 29.8 Å². The number of likely N-dealkylation sites (tertiary alicyclic amines) is 1. The number of phenols is 2. The number of quaternary nitrogens is 1. The van der Waals surface area contributed by atoms with Crippen LogP contribution >= 0.6 is 11.6 Å². The van der Waals surface area contributed by atoms with Crippen molar-refractivity contribution < 1.29 is 24.4 Å². The van der Waals surface area contributed by atoms with Gasteiger partial charge >= 0.3 is 0 Å². The van der Waals surface area contributed by atoms with Crippen molar-refractivity contribution in [1.82, 2.24) is 0 Å². The monoisotopic (exact) mass is 443 g/mol. The number of hydroxylamine groups is 3. The molecule has 0 spiro atoms. The van der Waals surface area contributed by atoms with Crippen molar-refractivity contribution in [3.63, 3.8) is 0 Å². The second-order valence-corrected chi connectivity index (χ2v) is 8.53. The summed E-state index contributed by atoms with van der Waals surface area (Å²) in [7, 11) is 1.48. The quantitative estimate of drug-likeness (QED) is 0.419. The summed E-state index contributed by atoms with van der Waals surface area (Å²) < 4.78 is 5.32. The van der Waals surface area contributed by atoms with Gasteiger partial charge in [0.15, 0.2) is 5.43 Å². The van der Waals surface area contributed by atoms with Gasteiger partial charge in [-0.15, -0.1) is 0 Å². The lowest BCUT2D eigenvalue weighted by Gasteiger charge is -2.46. The summed E-state index contributed by atoms with van der Waals surface area (Å²) >= 11 is 5.89. The third-order valence-corrected chi connectivity index (χ3v) is 5.90. The topological polar surface area (TPSA) is 114 Å². The van der Waals surface area contributed by atoms with Gasteiger partial charge in [0.2, 0.25) is 0 Å². The number of rotatable bonds is 3. The van der Waals surface area contributed by atoms with Crippen LogP contribution in [-0.2, 0) is 0 Å². The number of fused-ring (bicyclic) bond motifs is 1. The Morgan fingerprint density at radius 3 is 2.55 bits per heavy atom. The van der Waals surface area contributed by atoms with Gasteiger partial charge in [0.1, 0.15) is 40.9 Å². The van der Waals surface area contributed by atoms with E-state index >= 15 is 0 Å². The maximum absolute atomic E-state index is 12.7. The second kappa shape index (κ2) is 8.01. The molecule has 3 aromatic rings. The number of hydrogen-bond acceptors (Lipinski definition) is 6. The van der Waals surface area contributed by atoms with E-state index < -0.39 is 27.8 Å². The van der Waals surface area contributed by atoms with Crippen LogP contribution in [0.5, 0.6) is 11.5 Å². The number of aliphatic hydroxyl groups excluding tert-OH is 1. The molecule has 162 valence electrons. The molecule has 31 heavy (non-hydrogen) atoms. The van der Waals surface area contributed by atoms with Crippen molar-refractivity contribution in [3.8, 4) is 11.5 Å². The van der Waals surface area contributed by atoms with Crippen LogP contribution in [0.2, 0.25) is 5.02 Å². The zero-order valence-electron chi connectivity index (χ0n) is 16.8. The van der Waals surface area contributed by atoms with Crippen molar-refractivity contribution in [2.75, 3.05) is 20.1 Å². The van der Waals surface area contributed by atoms with Crippen LogP contribution in [0.4, 0.5) is 0 Å². The minimum absolute atomic E-state index is 0.00630. The number of aliphatic hydroxyl groups is 1. The molecular weight excluding hydrogens is 422 g/mol. The number of piperidine rings is 1. The van der Waals surface area contributed by atoms with E-state index in [1.807, 2.05) is 0 Å². The number of hydrogen-bond donors (Lipinski definition) is 3. The van der Waals surface area contributed by atoms with E-state index in [4.69, 9.17) is 16.0 Å². The Morgan fingerprint density at radius 1 is 1.16 bits per heavy atom. The molecule has 4 rings (SSSR count). The zero-order chi connectivity index (χ0) is 22.3. The predicted octanol–water partition coefficient (Wildman–Crippen LogP) is 3.82. The average molecular weight is 444 g/mol. The normalized spacial score (nSPS) is 24.1. The minimum Gasteiger partial charge on any atom is -0.633 e. The summed E-state index contributed by atoms with van der Waals surface area (Å²) in [5.41, 5.74) is 0.581. The molecule has 7 nitrogen and oxygen atoms in total. The van der Waals surface area contributed by atoms with Gasteiger partial charge in [0.05, 0.1) is 13.6 Å². The highest BCUT2D eigenvalue weighted by atomic mass is 35.5. The number of benzene rings is 2. The lowest BCUT2D eigenvalue weighted by atomic mass is 9.85.